The van der Waals surface area contributed by atoms with Crippen LogP contribution in [0.25, 0.3) is 10.8 Å². The highest BCUT2D eigenvalue weighted by molar-refractivity contribution is 5.98. The van der Waals surface area contributed by atoms with Crippen LogP contribution in [-0.2, 0) is 9.47 Å². The van der Waals surface area contributed by atoms with Crippen molar-refractivity contribution in [2.24, 2.45) is 21.0 Å². The molecular weight excluding hydrogens is 452 g/mol. The van der Waals surface area contributed by atoms with Crippen LogP contribution in [0.2, 0.25) is 0 Å². The summed E-state index contributed by atoms with van der Waals surface area (Å²) in [5, 5.41) is 19.4. The average Bonchev–Trinajstić information content (AvgIpc) is 2.72. The Morgan fingerprint density at radius 1 is 0.667 bits per heavy atom. The van der Waals surface area contributed by atoms with Crippen LogP contribution < -0.4 is 10.9 Å². The molecule has 8 nitrogen and oxygen atoms in total. The predicted molar refractivity (Wildman–Crippen MR) is 152 cm³/mol. The summed E-state index contributed by atoms with van der Waals surface area (Å²) in [7, 11) is 0. The number of ether oxygens (including phenoxy) is 2. The van der Waals surface area contributed by atoms with Gasteiger partial charge in [0.15, 0.2) is 11.6 Å². The lowest BCUT2D eigenvalue weighted by molar-refractivity contribution is -0.0108. The minimum absolute atomic E-state index is 0.123. The number of aromatic nitrogens is 2. The van der Waals surface area contributed by atoms with E-state index in [4.69, 9.17) is 9.47 Å². The fraction of sp³-hybridized carbons (Fsp3) is 0.643. The second-order valence-corrected chi connectivity index (χ2v) is 12.6. The number of rotatable bonds is 12. The van der Waals surface area contributed by atoms with E-state index in [-0.39, 0.29) is 22.0 Å². The zero-order valence-corrected chi connectivity index (χ0v) is 23.9. The van der Waals surface area contributed by atoms with Crippen LogP contribution in [-0.4, -0.2) is 47.0 Å². The molecule has 0 aliphatic carbocycles. The van der Waals surface area contributed by atoms with Crippen molar-refractivity contribution in [3.05, 3.63) is 24.3 Å². The van der Waals surface area contributed by atoms with Crippen LogP contribution in [0.5, 0.6) is 0 Å². The Labute approximate surface area is 217 Å². The van der Waals surface area contributed by atoms with E-state index in [9.17, 15) is 0 Å². The van der Waals surface area contributed by atoms with E-state index in [0.717, 1.165) is 23.6 Å². The molecule has 2 N–H and O–H groups in total. The number of hydrogen-bond donors (Lipinski definition) is 2. The Morgan fingerprint density at radius 3 is 1.36 bits per heavy atom. The first kappa shape index (κ1) is 29.6. The van der Waals surface area contributed by atoms with Gasteiger partial charge in [-0.25, -0.2) is 0 Å². The Bertz CT molecular complexity index is 950. The van der Waals surface area contributed by atoms with Crippen LogP contribution in [0, 0.1) is 10.8 Å². The van der Waals surface area contributed by atoms with Gasteiger partial charge in [-0.05, 0) is 54.4 Å². The Kier molecular flexibility index (Phi) is 9.97. The lowest BCUT2D eigenvalue weighted by Crippen LogP contribution is -2.24. The van der Waals surface area contributed by atoms with Crippen LogP contribution >= 0.6 is 0 Å². The van der Waals surface area contributed by atoms with Crippen LogP contribution in [0.15, 0.2) is 34.5 Å². The quantitative estimate of drug-likeness (QED) is 0.244. The number of hydrazone groups is 2. The van der Waals surface area contributed by atoms with Gasteiger partial charge in [0, 0.05) is 47.2 Å². The highest BCUT2D eigenvalue weighted by atomic mass is 16.5. The topological polar surface area (TPSA) is 93.0 Å². The van der Waals surface area contributed by atoms with E-state index in [2.05, 4.69) is 100 Å². The standard InChI is InChI=1S/C28H46N6O2/c1-25(2,3)35-17-15-27(7,8)19-29-31-23-21-13-11-12-14-22(21)24(34-33-23)32-30-20-28(9,10)16-18-36-26(4,5)6/h11-14,19-20H,15-18H2,1-10H3,(H,31,33)(H,32,34)/b29-19+,30-20+. The summed E-state index contributed by atoms with van der Waals surface area (Å²) >= 11 is 0. The van der Waals surface area contributed by atoms with Gasteiger partial charge in [0.1, 0.15) is 0 Å². The summed E-state index contributed by atoms with van der Waals surface area (Å²) in [5.41, 5.74) is 5.61. The van der Waals surface area contributed by atoms with Crippen molar-refractivity contribution < 1.29 is 9.47 Å². The molecule has 0 saturated heterocycles. The number of benzene rings is 1. The van der Waals surface area contributed by atoms with Crippen LogP contribution in [0.4, 0.5) is 11.6 Å². The van der Waals surface area contributed by atoms with Crippen molar-refractivity contribution in [3.63, 3.8) is 0 Å². The van der Waals surface area contributed by atoms with E-state index >= 15 is 0 Å². The smallest absolute Gasteiger partial charge is 0.176 e. The zero-order chi connectivity index (χ0) is 27.0. The van der Waals surface area contributed by atoms with Gasteiger partial charge in [-0.15, -0.1) is 10.2 Å². The molecule has 0 aliphatic heterocycles. The summed E-state index contributed by atoms with van der Waals surface area (Å²) in [5.74, 6) is 1.19. The fourth-order valence-corrected chi connectivity index (χ4v) is 3.17. The second-order valence-electron chi connectivity index (χ2n) is 12.6. The molecule has 1 aromatic carbocycles. The maximum atomic E-state index is 5.86. The van der Waals surface area contributed by atoms with Crippen molar-refractivity contribution in [2.45, 2.75) is 93.3 Å². The lowest BCUT2D eigenvalue weighted by Gasteiger charge is -2.24. The minimum atomic E-state index is -0.143. The summed E-state index contributed by atoms with van der Waals surface area (Å²) < 4.78 is 11.7. The summed E-state index contributed by atoms with van der Waals surface area (Å²) in [6, 6.07) is 7.93. The summed E-state index contributed by atoms with van der Waals surface area (Å²) in [6.45, 7) is 22.3. The van der Waals surface area contributed by atoms with Crippen molar-refractivity contribution in [3.8, 4) is 0 Å². The molecular formula is C28H46N6O2. The highest BCUT2D eigenvalue weighted by Crippen LogP contribution is 2.27. The van der Waals surface area contributed by atoms with Gasteiger partial charge in [-0.3, -0.25) is 10.9 Å². The first-order valence-electron chi connectivity index (χ1n) is 12.7. The molecule has 0 amide bonds. The van der Waals surface area contributed by atoms with E-state index < -0.39 is 0 Å². The molecule has 0 bridgehead atoms. The van der Waals surface area contributed by atoms with Crippen molar-refractivity contribution >= 4 is 34.8 Å². The van der Waals surface area contributed by atoms with Crippen LogP contribution in [0.3, 0.4) is 0 Å². The third-order valence-electron chi connectivity index (χ3n) is 5.42. The molecule has 0 spiro atoms. The van der Waals surface area contributed by atoms with Gasteiger partial charge in [-0.2, -0.15) is 10.2 Å². The molecule has 0 fully saturated rings. The Balaban J connectivity index is 2.05. The van der Waals surface area contributed by atoms with E-state index in [0.29, 0.717) is 24.8 Å². The Hall–Kier alpha value is -2.58. The van der Waals surface area contributed by atoms with E-state index in [1.165, 1.54) is 0 Å². The maximum Gasteiger partial charge on any atom is 0.176 e. The molecule has 36 heavy (non-hydrogen) atoms. The second kappa shape index (κ2) is 12.1. The minimum Gasteiger partial charge on any atom is -0.376 e. The number of fused-ring (bicyclic) bond motifs is 1. The maximum absolute atomic E-state index is 5.86. The largest absolute Gasteiger partial charge is 0.376 e. The molecule has 1 heterocycles. The summed E-state index contributed by atoms with van der Waals surface area (Å²) in [4.78, 5) is 0. The molecule has 8 heteroatoms. The van der Waals surface area contributed by atoms with Crippen LogP contribution in [0.1, 0.15) is 82.1 Å². The zero-order valence-electron chi connectivity index (χ0n) is 23.9. The van der Waals surface area contributed by atoms with Crippen molar-refractivity contribution in [1.29, 1.82) is 0 Å². The molecule has 0 aliphatic rings. The molecule has 0 radical (unpaired) electrons. The van der Waals surface area contributed by atoms with Gasteiger partial charge < -0.3 is 9.47 Å². The molecule has 0 atom stereocenters. The van der Waals surface area contributed by atoms with Gasteiger partial charge in [0.25, 0.3) is 0 Å². The average molecular weight is 499 g/mol. The van der Waals surface area contributed by atoms with Crippen molar-refractivity contribution in [1.82, 2.24) is 10.2 Å². The lowest BCUT2D eigenvalue weighted by atomic mass is 9.91. The summed E-state index contributed by atoms with van der Waals surface area (Å²) in [6.07, 6.45) is 5.53. The fourth-order valence-electron chi connectivity index (χ4n) is 3.17. The first-order valence-corrected chi connectivity index (χ1v) is 12.7. The molecule has 200 valence electrons. The molecule has 0 saturated carbocycles. The predicted octanol–water partition coefficient (Wildman–Crippen LogP) is 6.89. The number of nitrogens with one attached hydrogen (secondary N) is 2. The molecule has 2 rings (SSSR count). The van der Waals surface area contributed by atoms with Gasteiger partial charge in [0.05, 0.1) is 11.2 Å². The molecule has 1 aromatic heterocycles. The first-order chi connectivity index (χ1) is 16.6. The van der Waals surface area contributed by atoms with Gasteiger partial charge in [-0.1, -0.05) is 52.0 Å². The van der Waals surface area contributed by atoms with Gasteiger partial charge in [0.2, 0.25) is 0 Å². The number of hydrogen-bond acceptors (Lipinski definition) is 8. The third-order valence-corrected chi connectivity index (χ3v) is 5.42. The Morgan fingerprint density at radius 2 is 1.03 bits per heavy atom. The van der Waals surface area contributed by atoms with Gasteiger partial charge >= 0.3 is 0 Å². The third kappa shape index (κ3) is 11.0. The molecule has 0 unspecified atom stereocenters. The number of anilines is 2. The monoisotopic (exact) mass is 498 g/mol. The molecule has 2 aromatic rings. The number of nitrogens with zero attached hydrogens (tertiary/aromatic N) is 4. The normalized spacial score (nSPS) is 13.7. The SMILES string of the molecule is CC(C)(/C=N/Nc1nnc(N/N=C/C(C)(C)CCOC(C)(C)C)c2ccccc12)CCOC(C)(C)C. The van der Waals surface area contributed by atoms with E-state index in [1.54, 1.807) is 0 Å². The van der Waals surface area contributed by atoms with E-state index in [1.807, 2.05) is 36.7 Å². The van der Waals surface area contributed by atoms with Crippen molar-refractivity contribution in [2.75, 3.05) is 24.1 Å². The highest BCUT2D eigenvalue weighted by Gasteiger charge is 2.19.